The first kappa shape index (κ1) is 47.5. The maximum Gasteiger partial charge on any atom is 0.264 e. The minimum Gasteiger partial charge on any atom is -0.311 e. The maximum atomic E-state index is 2.65. The maximum absolute atomic E-state index is 2.65. The van der Waals surface area contributed by atoms with Crippen LogP contribution in [0.2, 0.25) is 0 Å². The number of hydrogen-bond acceptors (Lipinski definition) is 3. The molecule has 0 radical (unpaired) electrons. The van der Waals surface area contributed by atoms with Crippen LogP contribution in [0.25, 0.3) is 32.3 Å². The second-order valence-electron chi connectivity index (χ2n) is 26.3. The normalized spacial score (nSPS) is 14.7. The van der Waals surface area contributed by atoms with Gasteiger partial charge in [-0.3, -0.25) is 0 Å². The molecule has 0 spiro atoms. The van der Waals surface area contributed by atoms with Gasteiger partial charge in [0.1, 0.15) is 0 Å². The molecule has 4 heteroatoms. The fourth-order valence-electron chi connectivity index (χ4n) is 11.5. The van der Waals surface area contributed by atoms with Crippen LogP contribution < -0.4 is 25.5 Å². The van der Waals surface area contributed by atoms with E-state index in [9.17, 15) is 0 Å². The van der Waals surface area contributed by atoms with Gasteiger partial charge in [-0.15, -0.1) is 11.3 Å². The summed E-state index contributed by atoms with van der Waals surface area (Å²) in [7, 11) is 0. The lowest BCUT2D eigenvalue weighted by Crippen LogP contribution is -2.60. The lowest BCUT2D eigenvalue weighted by atomic mass is 9.36. The van der Waals surface area contributed by atoms with Crippen molar-refractivity contribution in [1.29, 1.82) is 0 Å². The highest BCUT2D eigenvalue weighted by Crippen LogP contribution is 2.51. The van der Waals surface area contributed by atoms with E-state index in [1.165, 1.54) is 134 Å². The van der Waals surface area contributed by atoms with E-state index >= 15 is 0 Å². The van der Waals surface area contributed by atoms with Gasteiger partial charge >= 0.3 is 0 Å². The molecule has 0 fully saturated rings. The second-order valence-corrected chi connectivity index (χ2v) is 27.4. The number of anilines is 6. The molecule has 0 bridgehead atoms. The van der Waals surface area contributed by atoms with Gasteiger partial charge in [-0.05, 0) is 167 Å². The van der Waals surface area contributed by atoms with Crippen molar-refractivity contribution >= 4 is 78.0 Å². The van der Waals surface area contributed by atoms with Gasteiger partial charge in [0.15, 0.2) is 0 Å². The Labute approximate surface area is 430 Å². The van der Waals surface area contributed by atoms with Gasteiger partial charge in [0.2, 0.25) is 0 Å². The Morgan fingerprint density at radius 1 is 0.423 bits per heavy atom. The van der Waals surface area contributed by atoms with Gasteiger partial charge in [-0.2, -0.15) is 0 Å². The van der Waals surface area contributed by atoms with Crippen LogP contribution in [-0.2, 0) is 39.9 Å². The van der Waals surface area contributed by atoms with Crippen molar-refractivity contribution in [3.8, 4) is 22.3 Å². The third-order valence-electron chi connectivity index (χ3n) is 16.0. The third-order valence-corrected chi connectivity index (χ3v) is 17.2. The quantitative estimate of drug-likeness (QED) is 0.162. The highest BCUT2D eigenvalue weighted by atomic mass is 32.1. The average Bonchev–Trinajstić information content (AvgIpc) is 3.94. The van der Waals surface area contributed by atoms with Crippen LogP contribution >= 0.6 is 11.3 Å². The van der Waals surface area contributed by atoms with E-state index in [-0.39, 0.29) is 33.8 Å². The van der Waals surface area contributed by atoms with Crippen molar-refractivity contribution in [2.24, 2.45) is 0 Å². The smallest absolute Gasteiger partial charge is 0.264 e. The van der Waals surface area contributed by atoms with E-state index in [4.69, 9.17) is 0 Å². The van der Waals surface area contributed by atoms with Crippen molar-refractivity contribution in [2.75, 3.05) is 9.80 Å². The fraction of sp³-hybridized carbons (Fsp3) is 0.343. The number of thiophene rings is 1. The molecule has 11 rings (SSSR count). The first-order valence-corrected chi connectivity index (χ1v) is 27.1. The SMILES string of the molecule is CC(C)(C)c1ccc(N2c3cccc4c3B(c3cc(-c5cc(C(C)(C)C)cc(C(C)(C)C)c5)ccc3N4c3ccc(C(C)(C)C)cc3-c3ccc4c(c3)CCC4)c3sc4ccc(C(C)(C)C)cc4c32)cc1. The van der Waals surface area contributed by atoms with Crippen molar-refractivity contribution in [1.82, 2.24) is 0 Å². The molecule has 0 saturated carbocycles. The Bertz CT molecular complexity index is 3390. The van der Waals surface area contributed by atoms with Crippen molar-refractivity contribution < 1.29 is 0 Å². The first-order chi connectivity index (χ1) is 33.3. The monoisotopic (exact) mass is 949 g/mol. The summed E-state index contributed by atoms with van der Waals surface area (Å²) in [5, 5.41) is 1.33. The van der Waals surface area contributed by atoms with E-state index in [2.05, 4.69) is 247 Å². The Morgan fingerprint density at radius 2 is 0.986 bits per heavy atom. The average molecular weight is 949 g/mol. The van der Waals surface area contributed by atoms with Crippen molar-refractivity contribution in [2.45, 2.75) is 150 Å². The van der Waals surface area contributed by atoms with Gasteiger partial charge < -0.3 is 9.80 Å². The third kappa shape index (κ3) is 8.17. The van der Waals surface area contributed by atoms with Crippen LogP contribution in [-0.4, -0.2) is 6.71 Å². The molecule has 1 aromatic heterocycles. The van der Waals surface area contributed by atoms with E-state index in [0.717, 1.165) is 6.42 Å². The minimum atomic E-state index is -0.0172. The summed E-state index contributed by atoms with van der Waals surface area (Å²) in [6.07, 6.45) is 3.55. The van der Waals surface area contributed by atoms with Crippen LogP contribution in [0.4, 0.5) is 34.1 Å². The minimum absolute atomic E-state index is 0.00135. The lowest BCUT2D eigenvalue weighted by molar-refractivity contribution is 0.569. The highest BCUT2D eigenvalue weighted by molar-refractivity contribution is 7.33. The molecule has 1 aliphatic carbocycles. The zero-order valence-electron chi connectivity index (χ0n) is 45.2. The molecular formula is C67H73BN2S. The number of benzene rings is 7. The molecular weight excluding hydrogens is 876 g/mol. The molecule has 360 valence electrons. The lowest BCUT2D eigenvalue weighted by Gasteiger charge is -2.43. The van der Waals surface area contributed by atoms with Crippen LogP contribution in [0.3, 0.4) is 0 Å². The molecule has 0 amide bonds. The van der Waals surface area contributed by atoms with Gasteiger partial charge in [0, 0.05) is 43.2 Å². The zero-order valence-corrected chi connectivity index (χ0v) is 46.0. The van der Waals surface area contributed by atoms with Crippen molar-refractivity contribution in [3.63, 3.8) is 0 Å². The molecule has 0 saturated heterocycles. The topological polar surface area (TPSA) is 6.48 Å². The van der Waals surface area contributed by atoms with E-state index in [0.29, 0.717) is 0 Å². The summed E-state index contributed by atoms with van der Waals surface area (Å²) in [6.45, 7) is 35.1. The van der Waals surface area contributed by atoms with Crippen LogP contribution in [0, 0.1) is 0 Å². The van der Waals surface area contributed by atoms with E-state index < -0.39 is 0 Å². The Morgan fingerprint density at radius 3 is 1.63 bits per heavy atom. The Kier molecular flexibility index (Phi) is 10.9. The fourth-order valence-corrected chi connectivity index (χ4v) is 12.8. The van der Waals surface area contributed by atoms with Gasteiger partial charge in [0.05, 0.1) is 11.4 Å². The summed E-state index contributed by atoms with van der Waals surface area (Å²) in [4.78, 5) is 5.27. The van der Waals surface area contributed by atoms with Crippen molar-refractivity contribution in [3.05, 3.63) is 172 Å². The largest absolute Gasteiger partial charge is 0.311 e. The molecule has 0 atom stereocenters. The summed E-state index contributed by atoms with van der Waals surface area (Å²) < 4.78 is 2.74. The van der Waals surface area contributed by atoms with Crippen LogP contribution in [0.5, 0.6) is 0 Å². The zero-order chi connectivity index (χ0) is 50.3. The number of fused-ring (bicyclic) bond motifs is 7. The number of rotatable bonds is 4. The predicted octanol–water partition coefficient (Wildman–Crippen LogP) is 17.3. The molecule has 2 nitrogen and oxygen atoms in total. The number of aryl methyl sites for hydroxylation is 2. The summed E-state index contributed by atoms with van der Waals surface area (Å²) >= 11 is 1.99. The number of hydrogen-bond donors (Lipinski definition) is 0. The number of nitrogens with zero attached hydrogens (tertiary/aromatic N) is 2. The van der Waals surface area contributed by atoms with Crippen LogP contribution in [0.1, 0.15) is 149 Å². The van der Waals surface area contributed by atoms with Gasteiger partial charge in [0.25, 0.3) is 6.71 Å². The van der Waals surface area contributed by atoms with Gasteiger partial charge in [-0.1, -0.05) is 183 Å². The summed E-state index contributed by atoms with van der Waals surface area (Å²) in [5.74, 6) is 0. The first-order valence-electron chi connectivity index (χ1n) is 26.3. The molecule has 0 unspecified atom stereocenters. The molecule has 3 aliphatic rings. The summed E-state index contributed by atoms with van der Waals surface area (Å²) in [6, 6.07) is 53.4. The molecule has 0 N–H and O–H groups in total. The van der Waals surface area contributed by atoms with Gasteiger partial charge in [-0.25, -0.2) is 0 Å². The molecule has 2 aliphatic heterocycles. The summed E-state index contributed by atoms with van der Waals surface area (Å²) in [5.41, 5.74) is 25.2. The highest BCUT2D eigenvalue weighted by Gasteiger charge is 2.46. The van der Waals surface area contributed by atoms with E-state index in [1.807, 2.05) is 11.3 Å². The molecule has 7 aromatic carbocycles. The standard InChI is InChI=1S/C67H73BN2S/c1-63(2,3)46-25-29-51(30-26-46)69-57-20-17-21-58-60(57)68(62-61(69)53-40-48(65(7,8)9)28-33-59(53)71-62)54-37-43(45-35-49(66(10,11)12)38-50(36-45)67(13,14)15)24-31-56(54)70(58)55-32-27-47(64(4,5)6)39-52(55)44-23-22-41-18-16-19-42(41)34-44/h17,20-40H,16,18-19H2,1-15H3. The molecule has 71 heavy (non-hydrogen) atoms. The second kappa shape index (κ2) is 16.3. The predicted molar refractivity (Wildman–Crippen MR) is 312 cm³/mol. The molecule has 3 heterocycles. The Balaban J connectivity index is 1.24. The molecule has 8 aromatic rings. The van der Waals surface area contributed by atoms with E-state index in [1.54, 1.807) is 0 Å². The Hall–Kier alpha value is -5.84. The van der Waals surface area contributed by atoms with Crippen LogP contribution in [0.15, 0.2) is 133 Å².